The van der Waals surface area contributed by atoms with Crippen LogP contribution in [-0.2, 0) is 14.8 Å². The Kier molecular flexibility index (Phi) is 5.92. The fourth-order valence-electron chi connectivity index (χ4n) is 2.92. The van der Waals surface area contributed by atoms with Crippen molar-refractivity contribution in [3.8, 4) is 0 Å². The first-order chi connectivity index (χ1) is 12.8. The molecule has 3 rings (SSSR count). The molecule has 1 aliphatic heterocycles. The number of anilines is 1. The summed E-state index contributed by atoms with van der Waals surface area (Å²) >= 11 is 3.32. The highest BCUT2D eigenvalue weighted by atomic mass is 79.9. The van der Waals surface area contributed by atoms with E-state index in [2.05, 4.69) is 21.2 Å². The van der Waals surface area contributed by atoms with Gasteiger partial charge in [-0.3, -0.25) is 4.79 Å². The summed E-state index contributed by atoms with van der Waals surface area (Å²) in [4.78, 5) is 12.1. The predicted molar refractivity (Wildman–Crippen MR) is 101 cm³/mol. The molecule has 144 valence electrons. The maximum Gasteiger partial charge on any atom is 0.243 e. The molecular weight excluding hydrogens is 442 g/mol. The first kappa shape index (κ1) is 19.9. The molecule has 1 heterocycles. The zero-order valence-corrected chi connectivity index (χ0v) is 16.6. The van der Waals surface area contributed by atoms with Gasteiger partial charge in [-0.2, -0.15) is 4.31 Å². The van der Waals surface area contributed by atoms with Crippen LogP contribution in [0.1, 0.15) is 12.8 Å². The van der Waals surface area contributed by atoms with Crippen molar-refractivity contribution in [2.24, 2.45) is 5.92 Å². The molecule has 0 aromatic heterocycles. The van der Waals surface area contributed by atoms with Gasteiger partial charge in [0.25, 0.3) is 0 Å². The molecule has 0 spiro atoms. The molecule has 1 aliphatic rings. The Morgan fingerprint density at radius 3 is 2.26 bits per heavy atom. The maximum absolute atomic E-state index is 13.4. The van der Waals surface area contributed by atoms with Gasteiger partial charge in [0.1, 0.15) is 0 Å². The van der Waals surface area contributed by atoms with Crippen LogP contribution in [0.15, 0.2) is 51.8 Å². The molecule has 2 aromatic rings. The number of piperidine rings is 1. The Bertz CT molecular complexity index is 944. The van der Waals surface area contributed by atoms with Gasteiger partial charge in [-0.15, -0.1) is 0 Å². The van der Waals surface area contributed by atoms with Gasteiger partial charge in [-0.05, 0) is 55.3 Å². The molecular formula is C18H17BrF2N2O3S. The summed E-state index contributed by atoms with van der Waals surface area (Å²) in [5.41, 5.74) is 0.667. The summed E-state index contributed by atoms with van der Waals surface area (Å²) < 4.78 is 53.7. The second kappa shape index (κ2) is 8.04. The molecule has 0 aliphatic carbocycles. The topological polar surface area (TPSA) is 66.5 Å². The zero-order chi connectivity index (χ0) is 19.6. The second-order valence-electron chi connectivity index (χ2n) is 6.25. The zero-order valence-electron chi connectivity index (χ0n) is 14.2. The normalized spacial score (nSPS) is 16.3. The van der Waals surface area contributed by atoms with Crippen molar-refractivity contribution in [1.29, 1.82) is 0 Å². The van der Waals surface area contributed by atoms with Gasteiger partial charge in [0.2, 0.25) is 15.9 Å². The molecule has 9 heteroatoms. The Morgan fingerprint density at radius 1 is 1.04 bits per heavy atom. The van der Waals surface area contributed by atoms with Crippen LogP contribution >= 0.6 is 15.9 Å². The number of hydrogen-bond donors (Lipinski definition) is 1. The average molecular weight is 459 g/mol. The maximum atomic E-state index is 13.4. The molecule has 0 bridgehead atoms. The van der Waals surface area contributed by atoms with E-state index in [-0.39, 0.29) is 29.8 Å². The van der Waals surface area contributed by atoms with Crippen molar-refractivity contribution in [3.63, 3.8) is 0 Å². The Hall–Kier alpha value is -1.84. The van der Waals surface area contributed by atoms with E-state index in [0.29, 0.717) is 24.6 Å². The van der Waals surface area contributed by atoms with Gasteiger partial charge < -0.3 is 5.32 Å². The molecule has 27 heavy (non-hydrogen) atoms. The number of sulfonamides is 1. The first-order valence-corrected chi connectivity index (χ1v) is 10.5. The van der Waals surface area contributed by atoms with E-state index >= 15 is 0 Å². The minimum Gasteiger partial charge on any atom is -0.326 e. The van der Waals surface area contributed by atoms with E-state index in [1.54, 1.807) is 12.1 Å². The number of carbonyl (C=O) groups is 1. The number of hydrogen-bond acceptors (Lipinski definition) is 3. The highest BCUT2D eigenvalue weighted by Gasteiger charge is 2.32. The van der Waals surface area contributed by atoms with Crippen LogP contribution in [0.4, 0.5) is 14.5 Å². The molecule has 1 N–H and O–H groups in total. The number of nitrogens with zero attached hydrogens (tertiary/aromatic N) is 1. The largest absolute Gasteiger partial charge is 0.326 e. The Morgan fingerprint density at radius 2 is 1.67 bits per heavy atom. The minimum absolute atomic E-state index is 0.139. The van der Waals surface area contributed by atoms with Crippen molar-refractivity contribution >= 4 is 37.5 Å². The third-order valence-electron chi connectivity index (χ3n) is 4.47. The van der Waals surface area contributed by atoms with Gasteiger partial charge in [-0.1, -0.05) is 15.9 Å². The lowest BCUT2D eigenvalue weighted by molar-refractivity contribution is -0.120. The third-order valence-corrected chi connectivity index (χ3v) is 6.89. The van der Waals surface area contributed by atoms with Crippen molar-refractivity contribution < 1.29 is 22.0 Å². The van der Waals surface area contributed by atoms with Crippen LogP contribution in [0.2, 0.25) is 0 Å². The van der Waals surface area contributed by atoms with E-state index in [1.165, 1.54) is 4.31 Å². The quantitative estimate of drug-likeness (QED) is 0.758. The van der Waals surface area contributed by atoms with E-state index in [0.717, 1.165) is 16.6 Å². The lowest BCUT2D eigenvalue weighted by Crippen LogP contribution is -2.41. The van der Waals surface area contributed by atoms with Crippen LogP contribution in [0.3, 0.4) is 0 Å². The summed E-state index contributed by atoms with van der Waals surface area (Å²) in [5.74, 6) is -2.79. The smallest absolute Gasteiger partial charge is 0.243 e. The monoisotopic (exact) mass is 458 g/mol. The number of benzene rings is 2. The van der Waals surface area contributed by atoms with Gasteiger partial charge in [0, 0.05) is 29.2 Å². The number of rotatable bonds is 4. The number of halogens is 3. The summed E-state index contributed by atoms with van der Waals surface area (Å²) in [6.45, 7) is 0.277. The van der Waals surface area contributed by atoms with E-state index in [9.17, 15) is 22.0 Å². The second-order valence-corrected chi connectivity index (χ2v) is 9.10. The van der Waals surface area contributed by atoms with E-state index in [1.807, 2.05) is 12.1 Å². The Labute approximate surface area is 164 Å². The number of carbonyl (C=O) groups excluding carboxylic acids is 1. The van der Waals surface area contributed by atoms with E-state index in [4.69, 9.17) is 0 Å². The molecule has 2 aromatic carbocycles. The van der Waals surface area contributed by atoms with Crippen molar-refractivity contribution in [2.45, 2.75) is 17.7 Å². The average Bonchev–Trinajstić information content (AvgIpc) is 2.66. The van der Waals surface area contributed by atoms with Crippen LogP contribution in [-0.4, -0.2) is 31.7 Å². The molecule has 5 nitrogen and oxygen atoms in total. The molecule has 0 atom stereocenters. The highest BCUT2D eigenvalue weighted by Crippen LogP contribution is 2.26. The number of nitrogens with one attached hydrogen (secondary N) is 1. The molecule has 0 radical (unpaired) electrons. The van der Waals surface area contributed by atoms with Gasteiger partial charge in [0.15, 0.2) is 11.6 Å². The fourth-order valence-corrected chi connectivity index (χ4v) is 4.67. The van der Waals surface area contributed by atoms with Crippen molar-refractivity contribution in [3.05, 3.63) is 58.6 Å². The van der Waals surface area contributed by atoms with Crippen LogP contribution in [0.25, 0.3) is 0 Å². The lowest BCUT2D eigenvalue weighted by Gasteiger charge is -2.30. The molecule has 1 saturated heterocycles. The first-order valence-electron chi connectivity index (χ1n) is 8.29. The van der Waals surface area contributed by atoms with E-state index < -0.39 is 21.7 Å². The van der Waals surface area contributed by atoms with Crippen molar-refractivity contribution in [2.75, 3.05) is 18.4 Å². The summed E-state index contributed by atoms with van der Waals surface area (Å²) in [7, 11) is -3.92. The SMILES string of the molecule is O=C(Nc1ccc(Br)cc1)C1CCN(S(=O)(=O)c2ccc(F)c(F)c2)CC1. The summed E-state index contributed by atoms with van der Waals surface area (Å²) in [6.07, 6.45) is 0.705. The molecule has 0 saturated carbocycles. The standard InChI is InChI=1S/C18H17BrF2N2O3S/c19-13-1-3-14(4-2-13)22-18(24)12-7-9-23(10-8-12)27(25,26)15-5-6-16(20)17(21)11-15/h1-6,11-12H,7-10H2,(H,22,24). The number of amides is 1. The van der Waals surface area contributed by atoms with Gasteiger partial charge >= 0.3 is 0 Å². The molecule has 1 fully saturated rings. The fraction of sp³-hybridized carbons (Fsp3) is 0.278. The highest BCUT2D eigenvalue weighted by molar-refractivity contribution is 9.10. The van der Waals surface area contributed by atoms with Crippen molar-refractivity contribution in [1.82, 2.24) is 4.31 Å². The lowest BCUT2D eigenvalue weighted by atomic mass is 9.97. The van der Waals surface area contributed by atoms with Crippen LogP contribution < -0.4 is 5.32 Å². The van der Waals surface area contributed by atoms with Crippen LogP contribution in [0, 0.1) is 17.6 Å². The summed E-state index contributed by atoms with van der Waals surface area (Å²) in [6, 6.07) is 9.67. The Balaban J connectivity index is 1.63. The summed E-state index contributed by atoms with van der Waals surface area (Å²) in [5, 5.41) is 2.82. The molecule has 0 unspecified atom stereocenters. The molecule has 1 amide bonds. The minimum atomic E-state index is -3.92. The van der Waals surface area contributed by atoms with Crippen LogP contribution in [0.5, 0.6) is 0 Å². The predicted octanol–water partition coefficient (Wildman–Crippen LogP) is 3.77. The van der Waals surface area contributed by atoms with Gasteiger partial charge in [-0.25, -0.2) is 17.2 Å². The van der Waals surface area contributed by atoms with Gasteiger partial charge in [0.05, 0.1) is 4.90 Å². The third kappa shape index (κ3) is 4.53.